The van der Waals surface area contributed by atoms with Gasteiger partial charge in [-0.1, -0.05) is 35.5 Å². The number of piperidine rings is 1. The lowest BCUT2D eigenvalue weighted by Gasteiger charge is -2.32. The van der Waals surface area contributed by atoms with Crippen molar-refractivity contribution in [1.82, 2.24) is 9.88 Å². The first-order valence-corrected chi connectivity index (χ1v) is 9.00. The molecule has 2 N–H and O–H groups in total. The van der Waals surface area contributed by atoms with Gasteiger partial charge in [-0.25, -0.2) is 4.39 Å². The van der Waals surface area contributed by atoms with Gasteiger partial charge in [-0.3, -0.25) is 4.79 Å². The maximum absolute atomic E-state index is 13.1. The van der Waals surface area contributed by atoms with Crippen molar-refractivity contribution in [2.24, 2.45) is 11.1 Å². The largest absolute Gasteiger partial charge is 0.411 e. The molecule has 1 saturated heterocycles. The minimum absolute atomic E-state index is 0.00942. The Morgan fingerprint density at radius 1 is 1.11 bits per heavy atom. The van der Waals surface area contributed by atoms with Gasteiger partial charge in [0.05, 0.1) is 11.3 Å². The normalized spacial score (nSPS) is 16.0. The standard InChI is InChI=1S/C21H20FN3O2/c22-16-7-5-14(6-8-16)20(24-27)15-9-11-25(12-10-15)21(26)18-13-23-19-4-2-1-3-17(18)19/h1-8,13,15,23,27H,9-12H2. The Hall–Kier alpha value is -3.15. The third kappa shape index (κ3) is 3.30. The summed E-state index contributed by atoms with van der Waals surface area (Å²) in [6.45, 7) is 1.17. The summed E-state index contributed by atoms with van der Waals surface area (Å²) in [5.41, 5.74) is 2.88. The molecule has 0 aliphatic carbocycles. The van der Waals surface area contributed by atoms with Crippen LogP contribution in [0.5, 0.6) is 0 Å². The third-order valence-electron chi connectivity index (χ3n) is 5.24. The molecule has 0 saturated carbocycles. The van der Waals surface area contributed by atoms with E-state index in [1.54, 1.807) is 18.3 Å². The third-order valence-corrected chi connectivity index (χ3v) is 5.24. The first-order chi connectivity index (χ1) is 13.2. The van der Waals surface area contributed by atoms with Crippen LogP contribution in [0.4, 0.5) is 4.39 Å². The lowest BCUT2D eigenvalue weighted by atomic mass is 9.88. The van der Waals surface area contributed by atoms with E-state index in [4.69, 9.17) is 0 Å². The number of H-pyrrole nitrogens is 1. The Balaban J connectivity index is 1.47. The number of fused-ring (bicyclic) bond motifs is 1. The molecule has 1 fully saturated rings. The number of nitrogens with zero attached hydrogens (tertiary/aromatic N) is 2. The van der Waals surface area contributed by atoms with Gasteiger partial charge in [-0.2, -0.15) is 0 Å². The molecule has 0 spiro atoms. The summed E-state index contributed by atoms with van der Waals surface area (Å²) in [5, 5.41) is 13.8. The van der Waals surface area contributed by atoms with Crippen LogP contribution in [0.1, 0.15) is 28.8 Å². The quantitative estimate of drug-likeness (QED) is 0.418. The van der Waals surface area contributed by atoms with Crippen LogP contribution in [0, 0.1) is 11.7 Å². The van der Waals surface area contributed by atoms with Crippen molar-refractivity contribution in [2.45, 2.75) is 12.8 Å². The van der Waals surface area contributed by atoms with Crippen molar-refractivity contribution in [3.8, 4) is 0 Å². The molecular weight excluding hydrogens is 345 g/mol. The molecule has 0 atom stereocenters. The Morgan fingerprint density at radius 3 is 2.52 bits per heavy atom. The molecule has 1 amide bonds. The van der Waals surface area contributed by atoms with Crippen molar-refractivity contribution >= 4 is 22.5 Å². The van der Waals surface area contributed by atoms with Gasteiger partial charge >= 0.3 is 0 Å². The second kappa shape index (κ2) is 7.23. The minimum atomic E-state index is -0.324. The van der Waals surface area contributed by atoms with E-state index in [9.17, 15) is 14.4 Å². The number of aromatic amines is 1. The molecule has 1 aliphatic rings. The highest BCUT2D eigenvalue weighted by Gasteiger charge is 2.28. The molecule has 138 valence electrons. The maximum Gasteiger partial charge on any atom is 0.256 e. The fourth-order valence-electron chi connectivity index (χ4n) is 3.77. The van der Waals surface area contributed by atoms with Crippen molar-refractivity contribution in [1.29, 1.82) is 0 Å². The SMILES string of the molecule is O=C(c1c[nH]c2ccccc12)N1CCC(C(=NO)c2ccc(F)cc2)CC1. The number of carbonyl (C=O) groups is 1. The van der Waals surface area contributed by atoms with E-state index in [0.29, 0.717) is 42.8 Å². The fourth-order valence-corrected chi connectivity index (χ4v) is 3.77. The number of likely N-dealkylation sites (tertiary alicyclic amines) is 1. The summed E-state index contributed by atoms with van der Waals surface area (Å²) in [4.78, 5) is 17.9. The molecule has 1 aromatic heterocycles. The van der Waals surface area contributed by atoms with E-state index in [-0.39, 0.29) is 17.6 Å². The van der Waals surface area contributed by atoms with Crippen LogP contribution in [-0.4, -0.2) is 39.8 Å². The average molecular weight is 365 g/mol. The topological polar surface area (TPSA) is 68.7 Å². The molecule has 5 nitrogen and oxygen atoms in total. The summed E-state index contributed by atoms with van der Waals surface area (Å²) in [6.07, 6.45) is 3.16. The highest BCUT2D eigenvalue weighted by molar-refractivity contribution is 6.07. The predicted octanol–water partition coefficient (Wildman–Crippen LogP) is 4.04. The molecule has 2 aromatic carbocycles. The maximum atomic E-state index is 13.1. The molecule has 0 unspecified atom stereocenters. The molecule has 0 radical (unpaired) electrons. The number of amides is 1. The Morgan fingerprint density at radius 2 is 1.81 bits per heavy atom. The zero-order chi connectivity index (χ0) is 18.8. The molecule has 3 aromatic rings. The van der Waals surface area contributed by atoms with Crippen molar-refractivity contribution < 1.29 is 14.4 Å². The van der Waals surface area contributed by atoms with E-state index in [1.807, 2.05) is 29.2 Å². The first kappa shape index (κ1) is 17.3. The molecule has 0 bridgehead atoms. The van der Waals surface area contributed by atoms with E-state index in [0.717, 1.165) is 10.9 Å². The number of nitrogens with one attached hydrogen (secondary N) is 1. The number of para-hydroxylation sites is 1. The monoisotopic (exact) mass is 365 g/mol. The van der Waals surface area contributed by atoms with Gasteiger partial charge in [0.25, 0.3) is 5.91 Å². The molecule has 27 heavy (non-hydrogen) atoms. The van der Waals surface area contributed by atoms with Crippen LogP contribution in [0.3, 0.4) is 0 Å². The molecule has 2 heterocycles. The van der Waals surface area contributed by atoms with Gasteiger partial charge in [-0.05, 0) is 36.6 Å². The van der Waals surface area contributed by atoms with Gasteiger partial charge in [0.1, 0.15) is 5.82 Å². The summed E-state index contributed by atoms with van der Waals surface area (Å²) < 4.78 is 13.1. The summed E-state index contributed by atoms with van der Waals surface area (Å²) >= 11 is 0. The fraction of sp³-hybridized carbons (Fsp3) is 0.238. The van der Waals surface area contributed by atoms with Gasteiger partial charge in [0, 0.05) is 36.1 Å². The van der Waals surface area contributed by atoms with E-state index >= 15 is 0 Å². The van der Waals surface area contributed by atoms with Gasteiger partial charge < -0.3 is 15.1 Å². The van der Waals surface area contributed by atoms with E-state index in [2.05, 4.69) is 10.1 Å². The van der Waals surface area contributed by atoms with Crippen LogP contribution < -0.4 is 0 Å². The van der Waals surface area contributed by atoms with Crippen LogP contribution in [-0.2, 0) is 0 Å². The number of hydrogen-bond acceptors (Lipinski definition) is 3. The summed E-state index contributed by atoms with van der Waals surface area (Å²) in [6, 6.07) is 13.7. The number of benzene rings is 2. The zero-order valence-electron chi connectivity index (χ0n) is 14.7. The molecule has 4 rings (SSSR count). The Labute approximate surface area is 156 Å². The van der Waals surface area contributed by atoms with Gasteiger partial charge in [0.15, 0.2) is 0 Å². The number of carbonyl (C=O) groups excluding carboxylic acids is 1. The smallest absolute Gasteiger partial charge is 0.256 e. The number of halogens is 1. The lowest BCUT2D eigenvalue weighted by Crippen LogP contribution is -2.40. The average Bonchev–Trinajstić information content (AvgIpc) is 3.14. The van der Waals surface area contributed by atoms with Crippen LogP contribution in [0.15, 0.2) is 59.9 Å². The number of rotatable bonds is 3. The summed E-state index contributed by atoms with van der Waals surface area (Å²) in [5.74, 6) is -0.280. The number of hydrogen-bond donors (Lipinski definition) is 2. The Kier molecular flexibility index (Phi) is 4.62. The summed E-state index contributed by atoms with van der Waals surface area (Å²) in [7, 11) is 0. The number of oxime groups is 1. The highest BCUT2D eigenvalue weighted by Crippen LogP contribution is 2.26. The van der Waals surface area contributed by atoms with E-state index in [1.165, 1.54) is 12.1 Å². The molecule has 1 aliphatic heterocycles. The van der Waals surface area contributed by atoms with Crippen molar-refractivity contribution in [2.75, 3.05) is 13.1 Å². The highest BCUT2D eigenvalue weighted by atomic mass is 19.1. The van der Waals surface area contributed by atoms with Crippen LogP contribution in [0.25, 0.3) is 10.9 Å². The second-order valence-corrected chi connectivity index (χ2v) is 6.81. The lowest BCUT2D eigenvalue weighted by molar-refractivity contribution is 0.0711. The van der Waals surface area contributed by atoms with Crippen molar-refractivity contribution in [3.05, 3.63) is 71.7 Å². The molecule has 6 heteroatoms. The zero-order valence-corrected chi connectivity index (χ0v) is 14.7. The van der Waals surface area contributed by atoms with E-state index < -0.39 is 0 Å². The number of aromatic nitrogens is 1. The van der Waals surface area contributed by atoms with Crippen LogP contribution >= 0.6 is 0 Å². The van der Waals surface area contributed by atoms with Crippen molar-refractivity contribution in [3.63, 3.8) is 0 Å². The van der Waals surface area contributed by atoms with Gasteiger partial charge in [-0.15, -0.1) is 0 Å². The van der Waals surface area contributed by atoms with Crippen LogP contribution in [0.2, 0.25) is 0 Å². The Bertz CT molecular complexity index is 986. The second-order valence-electron chi connectivity index (χ2n) is 6.81. The first-order valence-electron chi connectivity index (χ1n) is 9.00. The van der Waals surface area contributed by atoms with Gasteiger partial charge in [0.2, 0.25) is 0 Å². The molecular formula is C21H20FN3O2. The predicted molar refractivity (Wildman–Crippen MR) is 102 cm³/mol. The minimum Gasteiger partial charge on any atom is -0.411 e.